The Kier molecular flexibility index (Phi) is 7.98. The fourth-order valence-corrected chi connectivity index (χ4v) is 8.52. The lowest BCUT2D eigenvalue weighted by Crippen LogP contribution is -2.58. The maximum Gasteiger partial charge on any atom is 0.309 e. The topological polar surface area (TPSA) is 95.2 Å². The molecule has 0 amide bonds. The molecule has 0 radical (unpaired) electrons. The van der Waals surface area contributed by atoms with Crippen molar-refractivity contribution in [3.63, 3.8) is 0 Å². The van der Waals surface area contributed by atoms with Gasteiger partial charge in [-0.2, -0.15) is 5.26 Å². The highest BCUT2D eigenvalue weighted by molar-refractivity contribution is 6.01. The molecule has 0 aromatic carbocycles. The van der Waals surface area contributed by atoms with Crippen LogP contribution in [-0.4, -0.2) is 22.6 Å². The molecular weight excluding hydrogens is 462 g/mol. The molecule has 0 aliphatic heterocycles. The van der Waals surface area contributed by atoms with Crippen LogP contribution in [-0.2, 0) is 14.4 Å². The zero-order valence-corrected chi connectivity index (χ0v) is 24.5. The summed E-state index contributed by atoms with van der Waals surface area (Å²) >= 11 is 0. The van der Waals surface area contributed by atoms with E-state index in [0.29, 0.717) is 19.3 Å². The summed E-state index contributed by atoms with van der Waals surface area (Å²) < 4.78 is 0. The quantitative estimate of drug-likeness (QED) is 0.420. The number of carbonyl (C=O) groups is 3. The molecule has 3 rings (SSSR count). The number of aliphatic carboxylic acids is 1. The highest BCUT2D eigenvalue weighted by atomic mass is 16.4. The van der Waals surface area contributed by atoms with E-state index >= 15 is 0 Å². The lowest BCUT2D eigenvalue weighted by molar-refractivity contribution is -0.155. The second kappa shape index (κ2) is 9.97. The van der Waals surface area contributed by atoms with Crippen molar-refractivity contribution in [2.45, 2.75) is 120 Å². The van der Waals surface area contributed by atoms with Crippen LogP contribution in [0.5, 0.6) is 0 Å². The normalized spacial score (nSPS) is 42.6. The van der Waals surface area contributed by atoms with Crippen LogP contribution in [0.2, 0.25) is 0 Å². The summed E-state index contributed by atoms with van der Waals surface area (Å²) in [5.41, 5.74) is -1.30. The van der Waals surface area contributed by atoms with Gasteiger partial charge in [0, 0.05) is 12.3 Å². The van der Waals surface area contributed by atoms with Crippen LogP contribution in [0.15, 0.2) is 11.6 Å². The highest BCUT2D eigenvalue weighted by Crippen LogP contribution is 2.67. The molecule has 0 saturated heterocycles. The zero-order chi connectivity index (χ0) is 28.0. The molecular formula is C32H49NO4. The fraction of sp³-hybridized carbons (Fsp3) is 0.812. The van der Waals surface area contributed by atoms with Crippen LogP contribution in [0.4, 0.5) is 0 Å². The standard InChI is InChI=1S/C32H49NO4/c1-21(34)18-25-31(7)19-23(20-33)26(35)22(2)24(31)10-13-32(25,8)30(6)12-9-11-28(3,4)14-15-29(5,16-17-30)27(36)37/h19,22,24-25H,9-18H2,1-8H3,(H,36,37)/t22-,24-,25+,29-,30-,31-,32+/m0/s1. The third-order valence-electron chi connectivity index (χ3n) is 11.7. The average molecular weight is 512 g/mol. The van der Waals surface area contributed by atoms with Crippen LogP contribution in [0.3, 0.4) is 0 Å². The van der Waals surface area contributed by atoms with Gasteiger partial charge in [0.2, 0.25) is 0 Å². The van der Waals surface area contributed by atoms with Gasteiger partial charge in [0.25, 0.3) is 0 Å². The minimum atomic E-state index is -0.775. The van der Waals surface area contributed by atoms with Gasteiger partial charge < -0.3 is 9.90 Å². The van der Waals surface area contributed by atoms with Crippen molar-refractivity contribution in [1.82, 2.24) is 0 Å². The van der Waals surface area contributed by atoms with Crippen molar-refractivity contribution in [3.05, 3.63) is 11.6 Å². The number of carboxylic acid groups (broad SMARTS) is 1. The van der Waals surface area contributed by atoms with E-state index in [0.717, 1.165) is 44.9 Å². The van der Waals surface area contributed by atoms with E-state index in [2.05, 4.69) is 40.7 Å². The average Bonchev–Trinajstić information content (AvgIpc) is 2.80. The maximum absolute atomic E-state index is 12.9. The second-order valence-corrected chi connectivity index (χ2v) is 14.7. The molecule has 1 N–H and O–H groups in total. The van der Waals surface area contributed by atoms with E-state index in [4.69, 9.17) is 0 Å². The van der Waals surface area contributed by atoms with Gasteiger partial charge in [-0.25, -0.2) is 0 Å². The Bertz CT molecular complexity index is 1020. The van der Waals surface area contributed by atoms with Crippen molar-refractivity contribution < 1.29 is 19.5 Å². The molecule has 37 heavy (non-hydrogen) atoms. The number of rotatable bonds is 4. The minimum Gasteiger partial charge on any atom is -0.481 e. The first kappa shape index (κ1) is 29.6. The van der Waals surface area contributed by atoms with E-state index in [-0.39, 0.29) is 51.1 Å². The molecule has 0 bridgehead atoms. The van der Waals surface area contributed by atoms with Gasteiger partial charge in [-0.1, -0.05) is 54.0 Å². The van der Waals surface area contributed by atoms with E-state index in [9.17, 15) is 24.8 Å². The Balaban J connectivity index is 2.14. The summed E-state index contributed by atoms with van der Waals surface area (Å²) in [5, 5.41) is 20.1. The first-order chi connectivity index (χ1) is 16.9. The smallest absolute Gasteiger partial charge is 0.309 e. The van der Waals surface area contributed by atoms with Gasteiger partial charge in [-0.15, -0.1) is 0 Å². The van der Waals surface area contributed by atoms with Gasteiger partial charge in [0.1, 0.15) is 11.9 Å². The lowest BCUT2D eigenvalue weighted by atomic mass is 9.40. The van der Waals surface area contributed by atoms with Crippen molar-refractivity contribution >= 4 is 17.5 Å². The monoisotopic (exact) mass is 511 g/mol. The molecule has 0 aromatic rings. The summed E-state index contributed by atoms with van der Waals surface area (Å²) in [6, 6.07) is 2.16. The van der Waals surface area contributed by atoms with E-state index in [1.807, 2.05) is 19.9 Å². The highest BCUT2D eigenvalue weighted by Gasteiger charge is 2.62. The third-order valence-corrected chi connectivity index (χ3v) is 11.7. The number of nitrogens with zero attached hydrogens (tertiary/aromatic N) is 1. The van der Waals surface area contributed by atoms with Gasteiger partial charge >= 0.3 is 5.97 Å². The SMILES string of the molecule is CC(=O)C[C@@H]1[C@@]2(C)C=C(C#N)C(=O)[C@@H](C)[C@@H]2CC[C@@]1(C)[C@@]1(C)CCCC(C)(C)CC[C@](C)(C(=O)O)CC1. The molecule has 0 aromatic heterocycles. The summed E-state index contributed by atoms with van der Waals surface area (Å²) in [4.78, 5) is 38.2. The summed E-state index contributed by atoms with van der Waals surface area (Å²) in [6.45, 7) is 16.9. The maximum atomic E-state index is 12.9. The molecule has 2 fully saturated rings. The van der Waals surface area contributed by atoms with Crippen LogP contribution in [0, 0.1) is 56.2 Å². The van der Waals surface area contributed by atoms with Crippen LogP contribution < -0.4 is 0 Å². The van der Waals surface area contributed by atoms with Crippen molar-refractivity contribution in [2.75, 3.05) is 0 Å². The number of fused-ring (bicyclic) bond motifs is 1. The predicted molar refractivity (Wildman–Crippen MR) is 146 cm³/mol. The molecule has 7 atom stereocenters. The summed E-state index contributed by atoms with van der Waals surface area (Å²) in [6.07, 6.45) is 10.2. The van der Waals surface area contributed by atoms with Crippen molar-refractivity contribution in [3.8, 4) is 6.07 Å². The van der Waals surface area contributed by atoms with Crippen LogP contribution in [0.25, 0.3) is 0 Å². The minimum absolute atomic E-state index is 0.0211. The Morgan fingerprint density at radius 1 is 1.00 bits per heavy atom. The van der Waals surface area contributed by atoms with E-state index in [1.54, 1.807) is 6.92 Å². The third kappa shape index (κ3) is 5.19. The van der Waals surface area contributed by atoms with E-state index in [1.165, 1.54) is 0 Å². The molecule has 0 unspecified atom stereocenters. The Morgan fingerprint density at radius 3 is 2.19 bits per heavy atom. The van der Waals surface area contributed by atoms with Gasteiger partial charge in [-0.05, 0) is 98.7 Å². The first-order valence-electron chi connectivity index (χ1n) is 14.3. The largest absolute Gasteiger partial charge is 0.481 e. The summed E-state index contributed by atoms with van der Waals surface area (Å²) in [7, 11) is 0. The van der Waals surface area contributed by atoms with Crippen LogP contribution >= 0.6 is 0 Å². The number of carboxylic acids is 1. The number of Topliss-reactive ketones (excluding diaryl/α,β-unsaturated/α-hetero) is 2. The number of hydrogen-bond donors (Lipinski definition) is 1. The number of hydrogen-bond acceptors (Lipinski definition) is 4. The van der Waals surface area contributed by atoms with Gasteiger partial charge in [-0.3, -0.25) is 9.59 Å². The lowest BCUT2D eigenvalue weighted by Gasteiger charge is -2.63. The molecule has 0 spiro atoms. The number of allylic oxidation sites excluding steroid dienone is 2. The van der Waals surface area contributed by atoms with Gasteiger partial charge in [0.15, 0.2) is 5.78 Å². The van der Waals surface area contributed by atoms with Crippen LogP contribution in [0.1, 0.15) is 120 Å². The second-order valence-electron chi connectivity index (χ2n) is 14.7. The molecule has 5 heteroatoms. The van der Waals surface area contributed by atoms with Crippen molar-refractivity contribution in [1.29, 1.82) is 5.26 Å². The number of carbonyl (C=O) groups excluding carboxylic acids is 2. The van der Waals surface area contributed by atoms with Crippen molar-refractivity contribution in [2.24, 2.45) is 44.8 Å². The molecule has 0 heterocycles. The molecule has 2 saturated carbocycles. The fourth-order valence-electron chi connectivity index (χ4n) is 8.52. The molecule has 5 nitrogen and oxygen atoms in total. The first-order valence-corrected chi connectivity index (χ1v) is 14.3. The Labute approximate surface area is 224 Å². The number of nitriles is 1. The Morgan fingerprint density at radius 2 is 1.62 bits per heavy atom. The molecule has 206 valence electrons. The molecule has 3 aliphatic rings. The van der Waals surface area contributed by atoms with E-state index < -0.39 is 16.8 Å². The zero-order valence-electron chi connectivity index (χ0n) is 24.5. The predicted octanol–water partition coefficient (Wildman–Crippen LogP) is 7.54. The Hall–Kier alpha value is -1.96. The summed E-state index contributed by atoms with van der Waals surface area (Å²) in [5.74, 6) is -0.813. The van der Waals surface area contributed by atoms with Gasteiger partial charge in [0.05, 0.1) is 11.0 Å². The molecule has 3 aliphatic carbocycles. The number of ketones is 2.